The Morgan fingerprint density at radius 3 is 2.11 bits per heavy atom. The zero-order valence-corrected chi connectivity index (χ0v) is 21.2. The van der Waals surface area contributed by atoms with E-state index >= 15 is 0 Å². The van der Waals surface area contributed by atoms with Crippen LogP contribution in [0, 0.1) is 18.8 Å². The Kier molecular flexibility index (Phi) is 6.96. The van der Waals surface area contributed by atoms with Gasteiger partial charge in [-0.1, -0.05) is 56.3 Å². The first-order valence-corrected chi connectivity index (χ1v) is 13.2. The molecule has 0 bridgehead atoms. The van der Waals surface area contributed by atoms with E-state index in [1.807, 2.05) is 45.0 Å². The van der Waals surface area contributed by atoms with Gasteiger partial charge in [0.1, 0.15) is 0 Å². The van der Waals surface area contributed by atoms with E-state index in [-0.39, 0.29) is 34.6 Å². The van der Waals surface area contributed by atoms with E-state index in [1.165, 1.54) is 13.0 Å². The van der Waals surface area contributed by atoms with Gasteiger partial charge in [-0.2, -0.15) is 0 Å². The molecule has 7 nitrogen and oxygen atoms in total. The number of carbonyl (C=O) groups is 2. The Labute approximate surface area is 206 Å². The summed E-state index contributed by atoms with van der Waals surface area (Å²) in [5.41, 5.74) is 1.97. The van der Waals surface area contributed by atoms with Gasteiger partial charge in [0.15, 0.2) is 0 Å². The van der Waals surface area contributed by atoms with Gasteiger partial charge in [0.05, 0.1) is 4.90 Å². The number of nitrogens with one attached hydrogen (secondary N) is 2. The largest absolute Gasteiger partial charge is 0.342 e. The molecule has 2 atom stereocenters. The van der Waals surface area contributed by atoms with E-state index in [4.69, 9.17) is 0 Å². The number of likely N-dealkylation sites (tertiary alicyclic amines) is 1. The van der Waals surface area contributed by atoms with E-state index in [2.05, 4.69) is 10.0 Å². The molecule has 0 radical (unpaired) electrons. The number of fused-ring (bicyclic) bond motifs is 1. The third kappa shape index (κ3) is 5.09. The van der Waals surface area contributed by atoms with Gasteiger partial charge in [-0.3, -0.25) is 9.59 Å². The molecule has 1 saturated heterocycles. The fourth-order valence-electron chi connectivity index (χ4n) is 4.92. The zero-order valence-electron chi connectivity index (χ0n) is 20.4. The maximum atomic E-state index is 13.5. The molecule has 3 aromatic rings. The standard InChI is InChI=1S/C27H31N3O4S/c1-17-9-5-6-10-21(17)27(32)28-24-13-14-25(23-12-8-7-11-22(23)24)35(33,34)29-26-18(2)15-30(20(4)31)16-19(26)3/h5-14,18-19,26,29H,15-16H2,1-4H3,(H,28,32). The van der Waals surface area contributed by atoms with Crippen LogP contribution in [0.15, 0.2) is 65.6 Å². The van der Waals surface area contributed by atoms with Crippen molar-refractivity contribution in [2.24, 2.45) is 11.8 Å². The van der Waals surface area contributed by atoms with Gasteiger partial charge in [-0.25, -0.2) is 13.1 Å². The third-order valence-corrected chi connectivity index (χ3v) is 8.31. The Morgan fingerprint density at radius 1 is 0.886 bits per heavy atom. The molecule has 1 aliphatic heterocycles. The van der Waals surface area contributed by atoms with Gasteiger partial charge < -0.3 is 10.2 Å². The zero-order chi connectivity index (χ0) is 25.3. The molecule has 1 fully saturated rings. The number of carbonyl (C=O) groups excluding carboxylic acids is 2. The fraction of sp³-hybridized carbons (Fsp3) is 0.333. The number of hydrogen-bond acceptors (Lipinski definition) is 4. The van der Waals surface area contributed by atoms with Crippen LogP contribution in [0.1, 0.15) is 36.7 Å². The maximum Gasteiger partial charge on any atom is 0.255 e. The first-order chi connectivity index (χ1) is 16.6. The summed E-state index contributed by atoms with van der Waals surface area (Å²) in [5.74, 6) is -0.311. The molecule has 1 aliphatic rings. The molecule has 2 amide bonds. The molecule has 8 heteroatoms. The van der Waals surface area contributed by atoms with Crippen molar-refractivity contribution in [1.82, 2.24) is 9.62 Å². The Hall–Kier alpha value is -3.23. The summed E-state index contributed by atoms with van der Waals surface area (Å²) in [6, 6.07) is 17.3. The first kappa shape index (κ1) is 24.9. The number of hydrogen-bond donors (Lipinski definition) is 2. The van der Waals surface area contributed by atoms with Crippen LogP contribution in [0.4, 0.5) is 5.69 Å². The molecule has 2 N–H and O–H groups in total. The van der Waals surface area contributed by atoms with Gasteiger partial charge in [-0.15, -0.1) is 0 Å². The summed E-state index contributed by atoms with van der Waals surface area (Å²) >= 11 is 0. The molecule has 35 heavy (non-hydrogen) atoms. The molecular formula is C27H31N3O4S. The average molecular weight is 494 g/mol. The number of piperidine rings is 1. The minimum absolute atomic E-state index is 0.000617. The summed E-state index contributed by atoms with van der Waals surface area (Å²) in [7, 11) is -3.86. The molecule has 0 aromatic heterocycles. The molecule has 1 heterocycles. The summed E-state index contributed by atoms with van der Waals surface area (Å²) < 4.78 is 30.0. The third-order valence-electron chi connectivity index (χ3n) is 6.79. The van der Waals surface area contributed by atoms with E-state index in [1.54, 1.807) is 35.2 Å². The van der Waals surface area contributed by atoms with Gasteiger partial charge in [0.25, 0.3) is 5.91 Å². The number of nitrogens with zero attached hydrogens (tertiary/aromatic N) is 1. The smallest absolute Gasteiger partial charge is 0.255 e. The summed E-state index contributed by atoms with van der Waals surface area (Å²) in [6.07, 6.45) is 0. The predicted octanol–water partition coefficient (Wildman–Crippen LogP) is 4.18. The van der Waals surface area contributed by atoms with E-state index < -0.39 is 10.0 Å². The lowest BCUT2D eigenvalue weighted by Gasteiger charge is -2.41. The summed E-state index contributed by atoms with van der Waals surface area (Å²) in [4.78, 5) is 26.7. The van der Waals surface area contributed by atoms with Gasteiger partial charge >= 0.3 is 0 Å². The number of amides is 2. The number of aryl methyl sites for hydroxylation is 1. The van der Waals surface area contributed by atoms with Crippen molar-refractivity contribution in [1.29, 1.82) is 0 Å². The highest BCUT2D eigenvalue weighted by atomic mass is 32.2. The van der Waals surface area contributed by atoms with Crippen molar-refractivity contribution in [3.8, 4) is 0 Å². The van der Waals surface area contributed by atoms with Crippen LogP contribution in [0.2, 0.25) is 0 Å². The number of benzene rings is 3. The maximum absolute atomic E-state index is 13.5. The van der Waals surface area contributed by atoms with E-state index in [9.17, 15) is 18.0 Å². The van der Waals surface area contributed by atoms with Crippen molar-refractivity contribution < 1.29 is 18.0 Å². The fourth-order valence-corrected chi connectivity index (χ4v) is 6.59. The second-order valence-corrected chi connectivity index (χ2v) is 11.1. The Bertz CT molecular complexity index is 1370. The molecule has 0 saturated carbocycles. The highest BCUT2D eigenvalue weighted by Crippen LogP contribution is 2.31. The van der Waals surface area contributed by atoms with Gasteiger partial charge in [-0.05, 0) is 42.5 Å². The first-order valence-electron chi connectivity index (χ1n) is 11.7. The molecule has 184 valence electrons. The number of sulfonamides is 1. The normalized spacial score (nSPS) is 20.6. The molecule has 2 unspecified atom stereocenters. The van der Waals surface area contributed by atoms with Gasteiger partial charge in [0, 0.05) is 48.1 Å². The monoisotopic (exact) mass is 493 g/mol. The van der Waals surface area contributed by atoms with Crippen molar-refractivity contribution in [2.45, 2.75) is 38.6 Å². The second kappa shape index (κ2) is 9.79. The van der Waals surface area contributed by atoms with Crippen LogP contribution in [-0.4, -0.2) is 44.3 Å². The number of rotatable bonds is 5. The average Bonchev–Trinajstić information content (AvgIpc) is 2.81. The van der Waals surface area contributed by atoms with Crippen LogP contribution in [0.5, 0.6) is 0 Å². The highest BCUT2D eigenvalue weighted by molar-refractivity contribution is 7.89. The Balaban J connectivity index is 1.65. The Morgan fingerprint density at radius 2 is 1.49 bits per heavy atom. The predicted molar refractivity (Wildman–Crippen MR) is 138 cm³/mol. The van der Waals surface area contributed by atoms with Crippen LogP contribution < -0.4 is 10.0 Å². The topological polar surface area (TPSA) is 95.6 Å². The van der Waals surface area contributed by atoms with Crippen LogP contribution in [-0.2, 0) is 14.8 Å². The summed E-state index contributed by atoms with van der Waals surface area (Å²) in [6.45, 7) is 8.35. The quantitative estimate of drug-likeness (QED) is 0.557. The van der Waals surface area contributed by atoms with E-state index in [0.717, 1.165) is 5.56 Å². The molecule has 0 aliphatic carbocycles. The van der Waals surface area contributed by atoms with E-state index in [0.29, 0.717) is 35.1 Å². The lowest BCUT2D eigenvalue weighted by molar-refractivity contribution is -0.131. The molecule has 4 rings (SSSR count). The van der Waals surface area contributed by atoms with Crippen molar-refractivity contribution in [3.63, 3.8) is 0 Å². The minimum Gasteiger partial charge on any atom is -0.342 e. The van der Waals surface area contributed by atoms with Crippen molar-refractivity contribution in [3.05, 3.63) is 71.8 Å². The molecular weight excluding hydrogens is 462 g/mol. The molecule has 0 spiro atoms. The van der Waals surface area contributed by atoms with Crippen LogP contribution in [0.3, 0.4) is 0 Å². The molecule has 3 aromatic carbocycles. The highest BCUT2D eigenvalue weighted by Gasteiger charge is 2.36. The lowest BCUT2D eigenvalue weighted by atomic mass is 9.86. The second-order valence-electron chi connectivity index (χ2n) is 9.45. The SMILES string of the molecule is CC(=O)N1CC(C)C(NS(=O)(=O)c2ccc(NC(=O)c3ccccc3C)c3ccccc23)C(C)C1. The van der Waals surface area contributed by atoms with Crippen molar-refractivity contribution in [2.75, 3.05) is 18.4 Å². The van der Waals surface area contributed by atoms with Crippen LogP contribution in [0.25, 0.3) is 10.8 Å². The minimum atomic E-state index is -3.86. The number of anilines is 1. The van der Waals surface area contributed by atoms with Crippen molar-refractivity contribution >= 4 is 38.3 Å². The lowest BCUT2D eigenvalue weighted by Crippen LogP contribution is -2.55. The summed E-state index contributed by atoms with van der Waals surface area (Å²) in [5, 5.41) is 4.11. The van der Waals surface area contributed by atoms with Gasteiger partial charge in [0.2, 0.25) is 15.9 Å². The van der Waals surface area contributed by atoms with Crippen LogP contribution >= 0.6 is 0 Å².